The van der Waals surface area contributed by atoms with Gasteiger partial charge in [0.15, 0.2) is 0 Å². The SMILES string of the molecule is CC(C)NCc1cc(N2CCCC3CCCC32)ccn1. The summed E-state index contributed by atoms with van der Waals surface area (Å²) >= 11 is 0. The van der Waals surface area contributed by atoms with Gasteiger partial charge in [-0.05, 0) is 43.7 Å². The van der Waals surface area contributed by atoms with Crippen LogP contribution in [0, 0.1) is 5.92 Å². The summed E-state index contributed by atoms with van der Waals surface area (Å²) in [5.74, 6) is 0.939. The summed E-state index contributed by atoms with van der Waals surface area (Å²) in [5, 5.41) is 3.46. The number of fused-ring (bicyclic) bond motifs is 1. The fourth-order valence-electron chi connectivity index (χ4n) is 3.82. The molecule has 1 N–H and O–H groups in total. The van der Waals surface area contributed by atoms with Crippen molar-refractivity contribution < 1.29 is 0 Å². The van der Waals surface area contributed by atoms with Crippen LogP contribution < -0.4 is 10.2 Å². The molecule has 110 valence electrons. The van der Waals surface area contributed by atoms with Crippen LogP contribution in [0.4, 0.5) is 5.69 Å². The van der Waals surface area contributed by atoms with Gasteiger partial charge in [-0.25, -0.2) is 0 Å². The van der Waals surface area contributed by atoms with Gasteiger partial charge in [-0.15, -0.1) is 0 Å². The minimum Gasteiger partial charge on any atom is -0.368 e. The number of hydrogen-bond acceptors (Lipinski definition) is 3. The number of pyridine rings is 1. The molecule has 1 aliphatic carbocycles. The van der Waals surface area contributed by atoms with Gasteiger partial charge in [-0.1, -0.05) is 20.3 Å². The van der Waals surface area contributed by atoms with Gasteiger partial charge in [-0.3, -0.25) is 4.98 Å². The summed E-state index contributed by atoms with van der Waals surface area (Å²) in [6.07, 6.45) is 9.00. The van der Waals surface area contributed by atoms with Crippen molar-refractivity contribution in [2.45, 2.75) is 64.6 Å². The highest BCUT2D eigenvalue weighted by Gasteiger charge is 2.35. The minimum absolute atomic E-state index is 0.509. The molecule has 1 saturated carbocycles. The van der Waals surface area contributed by atoms with Crippen molar-refractivity contribution in [3.8, 4) is 0 Å². The number of nitrogens with one attached hydrogen (secondary N) is 1. The normalized spacial score (nSPS) is 26.1. The highest BCUT2D eigenvalue weighted by Crippen LogP contribution is 2.39. The molecule has 0 spiro atoms. The quantitative estimate of drug-likeness (QED) is 0.912. The standard InChI is InChI=1S/C17H27N3/c1-13(2)19-12-15-11-16(8-9-18-15)20-10-4-6-14-5-3-7-17(14)20/h8-9,11,13-14,17,19H,3-7,10,12H2,1-2H3. The monoisotopic (exact) mass is 273 g/mol. The van der Waals surface area contributed by atoms with Crippen molar-refractivity contribution in [3.05, 3.63) is 24.0 Å². The molecule has 0 bridgehead atoms. The van der Waals surface area contributed by atoms with Crippen LogP contribution in [0.15, 0.2) is 18.3 Å². The maximum absolute atomic E-state index is 4.50. The zero-order chi connectivity index (χ0) is 13.9. The second-order valence-corrected chi connectivity index (χ2v) is 6.63. The summed E-state index contributed by atoms with van der Waals surface area (Å²) in [5.41, 5.74) is 2.55. The molecule has 3 nitrogen and oxygen atoms in total. The molecule has 1 aliphatic heterocycles. The first-order valence-electron chi connectivity index (χ1n) is 8.19. The zero-order valence-electron chi connectivity index (χ0n) is 12.8. The van der Waals surface area contributed by atoms with E-state index in [-0.39, 0.29) is 0 Å². The van der Waals surface area contributed by atoms with Gasteiger partial charge in [0.25, 0.3) is 0 Å². The number of piperidine rings is 1. The van der Waals surface area contributed by atoms with Gasteiger partial charge < -0.3 is 10.2 Å². The average molecular weight is 273 g/mol. The van der Waals surface area contributed by atoms with Crippen molar-refractivity contribution >= 4 is 5.69 Å². The van der Waals surface area contributed by atoms with Crippen molar-refractivity contribution in [2.24, 2.45) is 5.92 Å². The summed E-state index contributed by atoms with van der Waals surface area (Å²) in [4.78, 5) is 7.16. The number of nitrogens with zero attached hydrogens (tertiary/aromatic N) is 2. The fourth-order valence-corrected chi connectivity index (χ4v) is 3.82. The first-order valence-corrected chi connectivity index (χ1v) is 8.19. The minimum atomic E-state index is 0.509. The summed E-state index contributed by atoms with van der Waals surface area (Å²) in [6.45, 7) is 6.45. The summed E-state index contributed by atoms with van der Waals surface area (Å²) < 4.78 is 0. The smallest absolute Gasteiger partial charge is 0.0562 e. The van der Waals surface area contributed by atoms with E-state index in [0.29, 0.717) is 6.04 Å². The van der Waals surface area contributed by atoms with Gasteiger partial charge in [-0.2, -0.15) is 0 Å². The number of rotatable bonds is 4. The molecular weight excluding hydrogens is 246 g/mol. The molecular formula is C17H27N3. The lowest BCUT2D eigenvalue weighted by molar-refractivity contribution is 0.362. The Bertz CT molecular complexity index is 444. The molecule has 1 aromatic heterocycles. The third-order valence-electron chi connectivity index (χ3n) is 4.82. The molecule has 1 aromatic rings. The molecule has 3 heteroatoms. The highest BCUT2D eigenvalue weighted by molar-refractivity contribution is 5.48. The van der Waals surface area contributed by atoms with Crippen LogP contribution in [0.5, 0.6) is 0 Å². The summed E-state index contributed by atoms with van der Waals surface area (Å²) in [6, 6.07) is 5.78. The van der Waals surface area contributed by atoms with Gasteiger partial charge in [0, 0.05) is 37.1 Å². The van der Waals surface area contributed by atoms with Crippen molar-refractivity contribution in [1.29, 1.82) is 0 Å². The topological polar surface area (TPSA) is 28.2 Å². The van der Waals surface area contributed by atoms with Gasteiger partial charge in [0.2, 0.25) is 0 Å². The van der Waals surface area contributed by atoms with Crippen LogP contribution >= 0.6 is 0 Å². The van der Waals surface area contributed by atoms with Crippen molar-refractivity contribution in [3.63, 3.8) is 0 Å². The first-order chi connectivity index (χ1) is 9.74. The van der Waals surface area contributed by atoms with Gasteiger partial charge in [0.05, 0.1) is 5.69 Å². The zero-order valence-corrected chi connectivity index (χ0v) is 12.8. The first kappa shape index (κ1) is 13.9. The van der Waals surface area contributed by atoms with E-state index in [1.807, 2.05) is 6.20 Å². The van der Waals surface area contributed by atoms with Gasteiger partial charge in [0.1, 0.15) is 0 Å². The molecule has 1 saturated heterocycles. The predicted octanol–water partition coefficient (Wildman–Crippen LogP) is 3.35. The number of anilines is 1. The third kappa shape index (κ3) is 2.98. The lowest BCUT2D eigenvalue weighted by Crippen LogP contribution is -2.42. The van der Waals surface area contributed by atoms with Crippen LogP contribution in [0.3, 0.4) is 0 Å². The Morgan fingerprint density at radius 3 is 3.00 bits per heavy atom. The summed E-state index contributed by atoms with van der Waals surface area (Å²) in [7, 11) is 0. The Kier molecular flexibility index (Phi) is 4.25. The van der Waals surface area contributed by atoms with Crippen LogP contribution in [0.25, 0.3) is 0 Å². The second kappa shape index (κ2) is 6.13. The molecule has 3 rings (SSSR count). The Hall–Kier alpha value is -1.09. The lowest BCUT2D eigenvalue weighted by atomic mass is 9.91. The predicted molar refractivity (Wildman–Crippen MR) is 83.9 cm³/mol. The van der Waals surface area contributed by atoms with E-state index in [2.05, 4.69) is 41.2 Å². The van der Waals surface area contributed by atoms with E-state index in [1.54, 1.807) is 0 Å². The molecule has 2 aliphatic rings. The van der Waals surface area contributed by atoms with Crippen molar-refractivity contribution in [2.75, 3.05) is 11.4 Å². The third-order valence-corrected chi connectivity index (χ3v) is 4.82. The van der Waals surface area contributed by atoms with Crippen LogP contribution in [0.2, 0.25) is 0 Å². The number of aromatic nitrogens is 1. The molecule has 2 unspecified atom stereocenters. The van der Waals surface area contributed by atoms with Crippen molar-refractivity contribution in [1.82, 2.24) is 10.3 Å². The number of hydrogen-bond donors (Lipinski definition) is 1. The van der Waals surface area contributed by atoms with Crippen LogP contribution in [-0.2, 0) is 6.54 Å². The molecule has 2 atom stereocenters. The molecule has 0 radical (unpaired) electrons. The Morgan fingerprint density at radius 1 is 1.30 bits per heavy atom. The maximum Gasteiger partial charge on any atom is 0.0562 e. The van der Waals surface area contributed by atoms with E-state index in [4.69, 9.17) is 0 Å². The fraction of sp³-hybridized carbons (Fsp3) is 0.706. The van der Waals surface area contributed by atoms with E-state index >= 15 is 0 Å². The van der Waals surface area contributed by atoms with E-state index in [1.165, 1.54) is 44.3 Å². The molecule has 0 amide bonds. The van der Waals surface area contributed by atoms with E-state index < -0.39 is 0 Å². The van der Waals surface area contributed by atoms with E-state index in [0.717, 1.165) is 24.2 Å². The Labute approximate surface area is 122 Å². The van der Waals surface area contributed by atoms with E-state index in [9.17, 15) is 0 Å². The lowest BCUT2D eigenvalue weighted by Gasteiger charge is -2.39. The molecule has 2 fully saturated rings. The van der Waals surface area contributed by atoms with Crippen LogP contribution in [0.1, 0.15) is 51.6 Å². The Balaban J connectivity index is 1.74. The van der Waals surface area contributed by atoms with Gasteiger partial charge >= 0.3 is 0 Å². The Morgan fingerprint density at radius 2 is 2.15 bits per heavy atom. The molecule has 0 aromatic carbocycles. The largest absolute Gasteiger partial charge is 0.368 e. The van der Waals surface area contributed by atoms with Crippen LogP contribution in [-0.4, -0.2) is 23.6 Å². The highest BCUT2D eigenvalue weighted by atomic mass is 15.2. The molecule has 2 heterocycles. The maximum atomic E-state index is 4.50. The molecule has 20 heavy (non-hydrogen) atoms. The second-order valence-electron chi connectivity index (χ2n) is 6.63. The average Bonchev–Trinajstić information content (AvgIpc) is 2.93.